The minimum Gasteiger partial charge on any atom is -0.298 e. The molecule has 0 saturated heterocycles. The van der Waals surface area contributed by atoms with Crippen LogP contribution in [0.25, 0.3) is 11.1 Å². The monoisotopic (exact) mass is 282 g/mol. The molecule has 5 heteroatoms. The van der Waals surface area contributed by atoms with Crippen molar-refractivity contribution in [2.24, 2.45) is 0 Å². The van der Waals surface area contributed by atoms with Crippen molar-refractivity contribution >= 4 is 6.29 Å². The molecule has 20 heavy (non-hydrogen) atoms. The zero-order valence-corrected chi connectivity index (χ0v) is 10.5. The topological polar surface area (TPSA) is 17.1 Å². The van der Waals surface area contributed by atoms with E-state index in [2.05, 4.69) is 0 Å². The van der Waals surface area contributed by atoms with Gasteiger partial charge in [0.15, 0.2) is 0 Å². The fourth-order valence-corrected chi connectivity index (χ4v) is 1.97. The van der Waals surface area contributed by atoms with Crippen LogP contribution in [0.1, 0.15) is 21.5 Å². The molecule has 0 aliphatic heterocycles. The van der Waals surface area contributed by atoms with Crippen LogP contribution in [0.2, 0.25) is 0 Å². The molecule has 0 atom stereocenters. The number of aldehydes is 1. The fraction of sp³-hybridized carbons (Fsp3) is 0.133. The first-order valence-corrected chi connectivity index (χ1v) is 5.76. The lowest BCUT2D eigenvalue weighted by Gasteiger charge is -2.12. The lowest BCUT2D eigenvalue weighted by atomic mass is 9.97. The molecule has 0 fully saturated rings. The quantitative estimate of drug-likeness (QED) is 0.579. The van der Waals surface area contributed by atoms with E-state index in [9.17, 15) is 22.4 Å². The Morgan fingerprint density at radius 1 is 1.00 bits per heavy atom. The van der Waals surface area contributed by atoms with E-state index in [4.69, 9.17) is 0 Å². The van der Waals surface area contributed by atoms with E-state index in [1.807, 2.05) is 0 Å². The van der Waals surface area contributed by atoms with Crippen molar-refractivity contribution in [1.29, 1.82) is 0 Å². The summed E-state index contributed by atoms with van der Waals surface area (Å²) < 4.78 is 51.6. The van der Waals surface area contributed by atoms with Gasteiger partial charge in [0.1, 0.15) is 12.1 Å². The van der Waals surface area contributed by atoms with E-state index in [-0.39, 0.29) is 11.1 Å². The Morgan fingerprint density at radius 2 is 1.65 bits per heavy atom. The van der Waals surface area contributed by atoms with Crippen LogP contribution in [0.5, 0.6) is 0 Å². The molecule has 1 nitrogen and oxygen atoms in total. The zero-order chi connectivity index (χ0) is 14.9. The molecule has 0 saturated carbocycles. The SMILES string of the molecule is Cc1cc(C(F)(F)F)ccc1-c1ccc(C=O)cc1F. The van der Waals surface area contributed by atoms with Crippen molar-refractivity contribution < 1.29 is 22.4 Å². The molecule has 0 aromatic heterocycles. The predicted molar refractivity (Wildman–Crippen MR) is 67.0 cm³/mol. The summed E-state index contributed by atoms with van der Waals surface area (Å²) in [6, 6.07) is 6.98. The highest BCUT2D eigenvalue weighted by Crippen LogP contribution is 2.33. The molecule has 0 amide bonds. The molecular formula is C15H10F4O. The third kappa shape index (κ3) is 2.71. The van der Waals surface area contributed by atoms with Crippen molar-refractivity contribution in [3.8, 4) is 11.1 Å². The Labute approximate surface area is 112 Å². The maximum Gasteiger partial charge on any atom is 0.416 e. The third-order valence-electron chi connectivity index (χ3n) is 2.97. The number of rotatable bonds is 2. The number of aryl methyl sites for hydroxylation is 1. The normalized spacial score (nSPS) is 11.4. The van der Waals surface area contributed by atoms with Crippen LogP contribution in [0.3, 0.4) is 0 Å². The summed E-state index contributed by atoms with van der Waals surface area (Å²) in [7, 11) is 0. The molecular weight excluding hydrogens is 272 g/mol. The average molecular weight is 282 g/mol. The van der Waals surface area contributed by atoms with Crippen LogP contribution in [0.4, 0.5) is 17.6 Å². The number of benzene rings is 2. The smallest absolute Gasteiger partial charge is 0.298 e. The van der Waals surface area contributed by atoms with Gasteiger partial charge in [0.05, 0.1) is 5.56 Å². The molecule has 2 rings (SSSR count). The molecule has 0 aliphatic rings. The number of hydrogen-bond donors (Lipinski definition) is 0. The zero-order valence-electron chi connectivity index (χ0n) is 10.5. The van der Waals surface area contributed by atoms with E-state index in [1.54, 1.807) is 0 Å². The Balaban J connectivity index is 2.51. The molecule has 2 aromatic carbocycles. The number of alkyl halides is 3. The van der Waals surface area contributed by atoms with Gasteiger partial charge in [-0.15, -0.1) is 0 Å². The molecule has 0 radical (unpaired) electrons. The molecule has 0 bridgehead atoms. The number of hydrogen-bond acceptors (Lipinski definition) is 1. The van der Waals surface area contributed by atoms with Gasteiger partial charge in [0.25, 0.3) is 0 Å². The molecule has 0 heterocycles. The van der Waals surface area contributed by atoms with Gasteiger partial charge in [-0.05, 0) is 36.2 Å². The first-order chi connectivity index (χ1) is 9.32. The van der Waals surface area contributed by atoms with Crippen LogP contribution in [0.15, 0.2) is 36.4 Å². The summed E-state index contributed by atoms with van der Waals surface area (Å²) in [5.74, 6) is -0.641. The van der Waals surface area contributed by atoms with Gasteiger partial charge in [0, 0.05) is 11.1 Å². The summed E-state index contributed by atoms with van der Waals surface area (Å²) in [5, 5.41) is 0. The van der Waals surface area contributed by atoms with Gasteiger partial charge < -0.3 is 0 Å². The Bertz CT molecular complexity index is 659. The first kappa shape index (κ1) is 14.2. The van der Waals surface area contributed by atoms with Crippen LogP contribution in [-0.4, -0.2) is 6.29 Å². The summed E-state index contributed by atoms with van der Waals surface area (Å²) in [5.41, 5.74) is 0.256. The van der Waals surface area contributed by atoms with Crippen molar-refractivity contribution in [2.45, 2.75) is 13.1 Å². The predicted octanol–water partition coefficient (Wildman–Crippen LogP) is 4.63. The number of carbonyl (C=O) groups is 1. The van der Waals surface area contributed by atoms with Gasteiger partial charge >= 0.3 is 6.18 Å². The Kier molecular flexibility index (Phi) is 3.61. The lowest BCUT2D eigenvalue weighted by Crippen LogP contribution is -2.05. The molecule has 0 aliphatic carbocycles. The largest absolute Gasteiger partial charge is 0.416 e. The van der Waals surface area contributed by atoms with E-state index in [0.717, 1.165) is 18.2 Å². The van der Waals surface area contributed by atoms with Crippen LogP contribution < -0.4 is 0 Å². The fourth-order valence-electron chi connectivity index (χ4n) is 1.97. The van der Waals surface area contributed by atoms with Crippen LogP contribution in [-0.2, 0) is 6.18 Å². The molecule has 0 unspecified atom stereocenters. The minimum atomic E-state index is -4.43. The van der Waals surface area contributed by atoms with Crippen molar-refractivity contribution in [2.75, 3.05) is 0 Å². The maximum absolute atomic E-state index is 13.9. The van der Waals surface area contributed by atoms with E-state index in [1.165, 1.54) is 25.1 Å². The van der Waals surface area contributed by atoms with Crippen LogP contribution >= 0.6 is 0 Å². The second-order valence-electron chi connectivity index (χ2n) is 4.38. The summed E-state index contributed by atoms with van der Waals surface area (Å²) >= 11 is 0. The van der Waals surface area contributed by atoms with E-state index >= 15 is 0 Å². The van der Waals surface area contributed by atoms with Crippen LogP contribution in [0, 0.1) is 12.7 Å². The van der Waals surface area contributed by atoms with Gasteiger partial charge in [-0.25, -0.2) is 4.39 Å². The maximum atomic E-state index is 13.9. The van der Waals surface area contributed by atoms with Gasteiger partial charge in [-0.1, -0.05) is 18.2 Å². The second kappa shape index (κ2) is 5.07. The highest BCUT2D eigenvalue weighted by Gasteiger charge is 2.30. The summed E-state index contributed by atoms with van der Waals surface area (Å²) in [6.07, 6.45) is -3.92. The summed E-state index contributed by atoms with van der Waals surface area (Å²) in [4.78, 5) is 10.5. The minimum absolute atomic E-state index is 0.168. The van der Waals surface area contributed by atoms with Crippen molar-refractivity contribution in [3.63, 3.8) is 0 Å². The highest BCUT2D eigenvalue weighted by atomic mass is 19.4. The standard InChI is InChI=1S/C15H10F4O/c1-9-6-11(15(17,18)19)3-5-12(9)13-4-2-10(8-20)7-14(13)16/h2-8H,1H3. The summed E-state index contributed by atoms with van der Waals surface area (Å²) in [6.45, 7) is 1.48. The van der Waals surface area contributed by atoms with E-state index < -0.39 is 17.6 Å². The molecule has 2 aromatic rings. The number of halogens is 4. The highest BCUT2D eigenvalue weighted by molar-refractivity contribution is 5.78. The lowest BCUT2D eigenvalue weighted by molar-refractivity contribution is -0.137. The van der Waals surface area contributed by atoms with Gasteiger partial charge in [0.2, 0.25) is 0 Å². The molecule has 0 spiro atoms. The van der Waals surface area contributed by atoms with E-state index in [0.29, 0.717) is 17.4 Å². The molecule has 104 valence electrons. The van der Waals surface area contributed by atoms with Crippen molar-refractivity contribution in [3.05, 3.63) is 58.9 Å². The number of carbonyl (C=O) groups excluding carboxylic acids is 1. The third-order valence-corrected chi connectivity index (χ3v) is 2.97. The second-order valence-corrected chi connectivity index (χ2v) is 4.38. The van der Waals surface area contributed by atoms with Gasteiger partial charge in [-0.3, -0.25) is 4.79 Å². The van der Waals surface area contributed by atoms with Crippen molar-refractivity contribution in [1.82, 2.24) is 0 Å². The Morgan fingerprint density at radius 3 is 2.15 bits per heavy atom. The Hall–Kier alpha value is -2.17. The molecule has 0 N–H and O–H groups in total. The van der Waals surface area contributed by atoms with Gasteiger partial charge in [-0.2, -0.15) is 13.2 Å². The first-order valence-electron chi connectivity index (χ1n) is 5.76. The average Bonchev–Trinajstić information content (AvgIpc) is 2.38.